The summed E-state index contributed by atoms with van der Waals surface area (Å²) in [5, 5.41) is 10.1. The Bertz CT molecular complexity index is 587. The number of hydrogen-bond donors (Lipinski definition) is 1. The van der Waals surface area contributed by atoms with E-state index in [0.717, 1.165) is 29.8 Å². The lowest BCUT2D eigenvalue weighted by atomic mass is 9.87. The number of aromatic hydroxyl groups is 1. The van der Waals surface area contributed by atoms with E-state index in [1.807, 2.05) is 0 Å². The van der Waals surface area contributed by atoms with Crippen molar-refractivity contribution in [2.75, 3.05) is 11.4 Å². The monoisotopic (exact) mass is 301 g/mol. The molecule has 0 aromatic heterocycles. The largest absolute Gasteiger partial charge is 0.507 e. The minimum Gasteiger partial charge on any atom is -0.507 e. The number of carbonyl (C=O) groups excluding carboxylic acids is 1. The van der Waals surface area contributed by atoms with Gasteiger partial charge in [-0.3, -0.25) is 4.79 Å². The Balaban J connectivity index is 2.38. The highest BCUT2D eigenvalue weighted by Gasteiger charge is 2.31. The molecule has 1 aliphatic rings. The van der Waals surface area contributed by atoms with Crippen molar-refractivity contribution in [3.63, 3.8) is 0 Å². The van der Waals surface area contributed by atoms with Crippen LogP contribution in [0.15, 0.2) is 18.2 Å². The van der Waals surface area contributed by atoms with Gasteiger partial charge < -0.3 is 10.0 Å². The molecular formula is C19H27NO2. The third-order valence-electron chi connectivity index (χ3n) is 4.49. The third kappa shape index (κ3) is 3.18. The maximum atomic E-state index is 11.1. The first-order valence-corrected chi connectivity index (χ1v) is 8.20. The second-order valence-corrected chi connectivity index (χ2v) is 6.74. The fourth-order valence-corrected chi connectivity index (χ4v) is 3.33. The third-order valence-corrected chi connectivity index (χ3v) is 4.49. The number of carbonyl (C=O) groups is 1. The van der Waals surface area contributed by atoms with Gasteiger partial charge in [-0.25, -0.2) is 0 Å². The topological polar surface area (TPSA) is 40.5 Å². The number of nitrogens with zero attached hydrogens (tertiary/aromatic N) is 1. The highest BCUT2D eigenvalue weighted by Crippen LogP contribution is 2.41. The van der Waals surface area contributed by atoms with E-state index in [-0.39, 0.29) is 11.3 Å². The van der Waals surface area contributed by atoms with E-state index < -0.39 is 0 Å². The van der Waals surface area contributed by atoms with Crippen molar-refractivity contribution in [2.45, 2.75) is 58.9 Å². The van der Waals surface area contributed by atoms with Crippen LogP contribution in [0.5, 0.6) is 5.75 Å². The van der Waals surface area contributed by atoms with Crippen LogP contribution in [-0.4, -0.2) is 23.5 Å². The summed E-state index contributed by atoms with van der Waals surface area (Å²) in [5.41, 5.74) is 3.52. The Hall–Kier alpha value is -1.77. The Morgan fingerprint density at radius 1 is 1.23 bits per heavy atom. The summed E-state index contributed by atoms with van der Waals surface area (Å²) in [6.45, 7) is 9.64. The molecule has 22 heavy (non-hydrogen) atoms. The minimum atomic E-state index is -0.0849. The molecule has 1 aromatic rings. The molecule has 0 unspecified atom stereocenters. The molecule has 0 atom stereocenters. The molecule has 0 radical (unpaired) electrons. The number of aldehydes is 1. The van der Waals surface area contributed by atoms with Crippen LogP contribution in [0.3, 0.4) is 0 Å². The quantitative estimate of drug-likeness (QED) is 0.607. The predicted molar refractivity (Wildman–Crippen MR) is 92.7 cm³/mol. The lowest BCUT2D eigenvalue weighted by molar-refractivity contribution is 0.112. The summed E-state index contributed by atoms with van der Waals surface area (Å²) in [5.74, 6) is 0.0674. The van der Waals surface area contributed by atoms with Crippen LogP contribution in [0, 0.1) is 0 Å². The van der Waals surface area contributed by atoms with E-state index in [2.05, 4.69) is 38.7 Å². The van der Waals surface area contributed by atoms with Gasteiger partial charge in [-0.2, -0.15) is 0 Å². The van der Waals surface area contributed by atoms with Gasteiger partial charge in [0.2, 0.25) is 0 Å². The van der Waals surface area contributed by atoms with Crippen molar-refractivity contribution in [2.24, 2.45) is 0 Å². The first kappa shape index (κ1) is 16.6. The highest BCUT2D eigenvalue weighted by atomic mass is 16.3. The molecule has 0 saturated carbocycles. The van der Waals surface area contributed by atoms with E-state index in [1.165, 1.54) is 19.3 Å². The molecule has 3 heteroatoms. The molecule has 0 fully saturated rings. The number of allylic oxidation sites excluding steroid dienone is 1. The minimum absolute atomic E-state index is 0.0674. The van der Waals surface area contributed by atoms with Crippen LogP contribution >= 0.6 is 0 Å². The Morgan fingerprint density at radius 3 is 2.59 bits per heavy atom. The standard InChI is InChI=1S/C19H27NO2/c1-5-6-7-8-9-20-17-11-18(22)15(13-21)10-16(17)14(2)12-19(20,3)4/h10-13,22H,5-9H2,1-4H3. The normalized spacial score (nSPS) is 16.2. The van der Waals surface area contributed by atoms with Crippen LogP contribution in [0.2, 0.25) is 0 Å². The molecule has 0 saturated heterocycles. The molecule has 0 amide bonds. The summed E-state index contributed by atoms with van der Waals surface area (Å²) >= 11 is 0. The van der Waals surface area contributed by atoms with Crippen LogP contribution in [0.25, 0.3) is 5.57 Å². The van der Waals surface area contributed by atoms with Gasteiger partial charge in [-0.05, 0) is 38.8 Å². The van der Waals surface area contributed by atoms with E-state index in [1.54, 1.807) is 12.1 Å². The predicted octanol–water partition coefficient (Wildman–Crippen LogP) is 4.79. The summed E-state index contributed by atoms with van der Waals surface area (Å²) in [6.07, 6.45) is 7.81. The van der Waals surface area contributed by atoms with Gasteiger partial charge in [0, 0.05) is 23.9 Å². The number of benzene rings is 1. The van der Waals surface area contributed by atoms with Gasteiger partial charge in [-0.15, -0.1) is 0 Å². The molecule has 1 aromatic carbocycles. The zero-order valence-corrected chi connectivity index (χ0v) is 14.1. The van der Waals surface area contributed by atoms with Crippen molar-refractivity contribution in [1.29, 1.82) is 0 Å². The van der Waals surface area contributed by atoms with Gasteiger partial charge >= 0.3 is 0 Å². The summed E-state index contributed by atoms with van der Waals surface area (Å²) < 4.78 is 0. The molecule has 3 nitrogen and oxygen atoms in total. The molecule has 1 N–H and O–H groups in total. The maximum Gasteiger partial charge on any atom is 0.153 e. The zero-order valence-electron chi connectivity index (χ0n) is 14.1. The zero-order chi connectivity index (χ0) is 16.3. The van der Waals surface area contributed by atoms with Crippen molar-refractivity contribution >= 4 is 17.5 Å². The lowest BCUT2D eigenvalue weighted by Gasteiger charge is -2.43. The van der Waals surface area contributed by atoms with Crippen LogP contribution < -0.4 is 4.90 Å². The fraction of sp³-hybridized carbons (Fsp3) is 0.526. The van der Waals surface area contributed by atoms with Crippen LogP contribution in [0.1, 0.15) is 69.3 Å². The van der Waals surface area contributed by atoms with Crippen molar-refractivity contribution in [3.05, 3.63) is 29.3 Å². The van der Waals surface area contributed by atoms with Gasteiger partial charge in [0.1, 0.15) is 5.75 Å². The number of anilines is 1. The number of fused-ring (bicyclic) bond motifs is 1. The van der Waals surface area contributed by atoms with Gasteiger partial charge in [0.25, 0.3) is 0 Å². The Morgan fingerprint density at radius 2 is 1.95 bits per heavy atom. The molecule has 0 aliphatic carbocycles. The van der Waals surface area contributed by atoms with Crippen LogP contribution in [-0.2, 0) is 0 Å². The Kier molecular flexibility index (Phi) is 4.94. The molecule has 1 heterocycles. The summed E-state index contributed by atoms with van der Waals surface area (Å²) in [6, 6.07) is 3.55. The molecular weight excluding hydrogens is 274 g/mol. The lowest BCUT2D eigenvalue weighted by Crippen LogP contribution is -2.45. The first-order chi connectivity index (χ1) is 10.4. The SMILES string of the molecule is CCCCCCN1c2cc(O)c(C=O)cc2C(C)=CC1(C)C. The summed E-state index contributed by atoms with van der Waals surface area (Å²) in [4.78, 5) is 13.4. The average molecular weight is 301 g/mol. The second-order valence-electron chi connectivity index (χ2n) is 6.74. The molecule has 0 spiro atoms. The number of phenolic OH excluding ortho intramolecular Hbond substituents is 1. The smallest absolute Gasteiger partial charge is 0.153 e. The van der Waals surface area contributed by atoms with Gasteiger partial charge in [0.15, 0.2) is 6.29 Å². The number of hydrogen-bond acceptors (Lipinski definition) is 3. The van der Waals surface area contributed by atoms with Crippen molar-refractivity contribution in [1.82, 2.24) is 0 Å². The number of phenols is 1. The first-order valence-electron chi connectivity index (χ1n) is 8.20. The van der Waals surface area contributed by atoms with Crippen LogP contribution in [0.4, 0.5) is 5.69 Å². The number of unbranched alkanes of at least 4 members (excludes halogenated alkanes) is 3. The van der Waals surface area contributed by atoms with Crippen molar-refractivity contribution in [3.8, 4) is 5.75 Å². The average Bonchev–Trinajstić information content (AvgIpc) is 2.45. The molecule has 120 valence electrons. The van der Waals surface area contributed by atoms with E-state index >= 15 is 0 Å². The molecule has 2 rings (SSSR count). The van der Waals surface area contributed by atoms with Gasteiger partial charge in [0.05, 0.1) is 11.1 Å². The fourth-order valence-electron chi connectivity index (χ4n) is 3.33. The Labute approximate surface area is 133 Å². The van der Waals surface area contributed by atoms with E-state index in [9.17, 15) is 9.90 Å². The highest BCUT2D eigenvalue weighted by molar-refractivity contribution is 5.89. The van der Waals surface area contributed by atoms with Crippen molar-refractivity contribution < 1.29 is 9.90 Å². The molecule has 1 aliphatic heterocycles. The second kappa shape index (κ2) is 6.55. The number of rotatable bonds is 6. The summed E-state index contributed by atoms with van der Waals surface area (Å²) in [7, 11) is 0. The van der Waals surface area contributed by atoms with Gasteiger partial charge in [-0.1, -0.05) is 32.3 Å². The maximum absolute atomic E-state index is 11.1. The van der Waals surface area contributed by atoms with E-state index in [0.29, 0.717) is 11.8 Å². The molecule has 0 bridgehead atoms. The van der Waals surface area contributed by atoms with E-state index in [4.69, 9.17) is 0 Å².